The van der Waals surface area contributed by atoms with Crippen LogP contribution >= 0.6 is 15.9 Å². The van der Waals surface area contributed by atoms with Gasteiger partial charge in [-0.3, -0.25) is 14.4 Å². The van der Waals surface area contributed by atoms with Crippen molar-refractivity contribution in [3.63, 3.8) is 0 Å². The van der Waals surface area contributed by atoms with Gasteiger partial charge in [-0.25, -0.2) is 0 Å². The maximum absolute atomic E-state index is 12.4. The van der Waals surface area contributed by atoms with Crippen LogP contribution in [0.25, 0.3) is 0 Å². The number of hydrogen-bond acceptors (Lipinski definition) is 3. The zero-order valence-corrected chi connectivity index (χ0v) is 15.5. The second kappa shape index (κ2) is 8.43. The van der Waals surface area contributed by atoms with Crippen LogP contribution < -0.4 is 10.6 Å². The van der Waals surface area contributed by atoms with Gasteiger partial charge in [0.15, 0.2) is 0 Å². The number of anilines is 2. The average molecular weight is 404 g/mol. The minimum atomic E-state index is -0.294. The van der Waals surface area contributed by atoms with Gasteiger partial charge in [0.05, 0.1) is 12.2 Å². The largest absolute Gasteiger partial charge is 0.332 e. The molecule has 25 heavy (non-hydrogen) atoms. The Morgan fingerprint density at radius 1 is 1.00 bits per heavy atom. The molecule has 0 atom stereocenters. The van der Waals surface area contributed by atoms with Gasteiger partial charge in [0.25, 0.3) is 5.91 Å². The number of para-hydroxylation sites is 1. The van der Waals surface area contributed by atoms with Crippen molar-refractivity contribution < 1.29 is 14.4 Å². The van der Waals surface area contributed by atoms with Crippen LogP contribution in [0.2, 0.25) is 0 Å². The molecule has 0 spiro atoms. The fraction of sp³-hybridized carbons (Fsp3) is 0.167. The molecule has 0 aromatic heterocycles. The van der Waals surface area contributed by atoms with E-state index in [-0.39, 0.29) is 24.3 Å². The van der Waals surface area contributed by atoms with E-state index >= 15 is 0 Å². The van der Waals surface area contributed by atoms with Gasteiger partial charge >= 0.3 is 0 Å². The van der Waals surface area contributed by atoms with Crippen LogP contribution in [-0.2, 0) is 9.59 Å². The SMILES string of the molecule is CC(=O)Nc1ccc(C(=O)N(C)CC(=O)Nc2ccccc2Br)cc1. The molecule has 0 saturated carbocycles. The third-order valence-corrected chi connectivity index (χ3v) is 4.02. The quantitative estimate of drug-likeness (QED) is 0.804. The number of amides is 3. The van der Waals surface area contributed by atoms with Crippen molar-refractivity contribution >= 4 is 45.0 Å². The molecule has 0 radical (unpaired) electrons. The molecule has 2 aromatic rings. The maximum atomic E-state index is 12.4. The summed E-state index contributed by atoms with van der Waals surface area (Å²) in [5.74, 6) is -0.755. The van der Waals surface area contributed by atoms with Gasteiger partial charge in [-0.2, -0.15) is 0 Å². The lowest BCUT2D eigenvalue weighted by Crippen LogP contribution is -2.35. The van der Waals surface area contributed by atoms with Gasteiger partial charge in [-0.15, -0.1) is 0 Å². The van der Waals surface area contributed by atoms with Crippen molar-refractivity contribution in [1.29, 1.82) is 0 Å². The highest BCUT2D eigenvalue weighted by Crippen LogP contribution is 2.21. The Labute approximate surface area is 154 Å². The van der Waals surface area contributed by atoms with Crippen molar-refractivity contribution in [2.45, 2.75) is 6.92 Å². The first-order valence-electron chi connectivity index (χ1n) is 7.54. The molecule has 0 fully saturated rings. The summed E-state index contributed by atoms with van der Waals surface area (Å²) in [4.78, 5) is 36.8. The molecule has 0 heterocycles. The minimum Gasteiger partial charge on any atom is -0.332 e. The van der Waals surface area contributed by atoms with E-state index in [1.807, 2.05) is 18.2 Å². The number of carbonyl (C=O) groups excluding carboxylic acids is 3. The zero-order chi connectivity index (χ0) is 18.4. The normalized spacial score (nSPS) is 10.0. The fourth-order valence-electron chi connectivity index (χ4n) is 2.16. The molecule has 0 bridgehead atoms. The molecule has 0 aliphatic carbocycles. The number of rotatable bonds is 5. The summed E-state index contributed by atoms with van der Waals surface area (Å²) in [5.41, 5.74) is 1.69. The van der Waals surface area contributed by atoms with Crippen molar-refractivity contribution in [2.24, 2.45) is 0 Å². The molecule has 130 valence electrons. The molecule has 3 amide bonds. The third kappa shape index (κ3) is 5.42. The van der Waals surface area contributed by atoms with E-state index in [0.29, 0.717) is 16.9 Å². The summed E-state index contributed by atoms with van der Waals surface area (Å²) in [6.45, 7) is 1.34. The first-order valence-corrected chi connectivity index (χ1v) is 8.33. The van der Waals surface area contributed by atoms with Crippen LogP contribution in [0.1, 0.15) is 17.3 Å². The van der Waals surface area contributed by atoms with E-state index in [4.69, 9.17) is 0 Å². The number of halogens is 1. The number of benzene rings is 2. The summed E-state index contributed by atoms with van der Waals surface area (Å²) in [7, 11) is 1.56. The molecule has 2 rings (SSSR count). The lowest BCUT2D eigenvalue weighted by atomic mass is 10.2. The Kier molecular flexibility index (Phi) is 6.30. The Bertz CT molecular complexity index is 790. The number of carbonyl (C=O) groups is 3. The lowest BCUT2D eigenvalue weighted by molar-refractivity contribution is -0.116. The molecular weight excluding hydrogens is 386 g/mol. The Balaban J connectivity index is 1.96. The van der Waals surface area contributed by atoms with Gasteiger partial charge in [0.2, 0.25) is 11.8 Å². The Morgan fingerprint density at radius 2 is 1.64 bits per heavy atom. The van der Waals surface area contributed by atoms with Crippen LogP contribution in [0.4, 0.5) is 11.4 Å². The van der Waals surface area contributed by atoms with Crippen LogP contribution in [0, 0.1) is 0 Å². The molecule has 0 saturated heterocycles. The smallest absolute Gasteiger partial charge is 0.254 e. The second-order valence-electron chi connectivity index (χ2n) is 5.45. The Hall–Kier alpha value is -2.67. The molecule has 0 unspecified atom stereocenters. The first kappa shape index (κ1) is 18.7. The standard InChI is InChI=1S/C18H18BrN3O3/c1-12(23)20-14-9-7-13(8-10-14)18(25)22(2)11-17(24)21-16-6-4-3-5-15(16)19/h3-10H,11H2,1-2H3,(H,20,23)(H,21,24). The van der Waals surface area contributed by atoms with Crippen molar-refractivity contribution in [3.05, 3.63) is 58.6 Å². The van der Waals surface area contributed by atoms with Gasteiger partial charge in [0.1, 0.15) is 0 Å². The minimum absolute atomic E-state index is 0.0758. The highest BCUT2D eigenvalue weighted by atomic mass is 79.9. The van der Waals surface area contributed by atoms with Gasteiger partial charge < -0.3 is 15.5 Å². The van der Waals surface area contributed by atoms with E-state index in [1.165, 1.54) is 11.8 Å². The average Bonchev–Trinajstić information content (AvgIpc) is 2.56. The van der Waals surface area contributed by atoms with Crippen LogP contribution in [0.15, 0.2) is 53.0 Å². The van der Waals surface area contributed by atoms with Crippen LogP contribution in [0.3, 0.4) is 0 Å². The molecule has 7 heteroatoms. The van der Waals surface area contributed by atoms with Crippen molar-refractivity contribution in [2.75, 3.05) is 24.2 Å². The van der Waals surface area contributed by atoms with E-state index in [2.05, 4.69) is 26.6 Å². The highest BCUT2D eigenvalue weighted by Gasteiger charge is 2.15. The second-order valence-corrected chi connectivity index (χ2v) is 6.30. The number of nitrogens with zero attached hydrogens (tertiary/aromatic N) is 1. The monoisotopic (exact) mass is 403 g/mol. The molecule has 2 N–H and O–H groups in total. The topological polar surface area (TPSA) is 78.5 Å². The summed E-state index contributed by atoms with van der Waals surface area (Å²) in [6.07, 6.45) is 0. The first-order chi connectivity index (χ1) is 11.9. The van der Waals surface area contributed by atoms with E-state index in [9.17, 15) is 14.4 Å². The molecule has 0 aliphatic heterocycles. The summed E-state index contributed by atoms with van der Waals surface area (Å²) >= 11 is 3.36. The lowest BCUT2D eigenvalue weighted by Gasteiger charge is -2.17. The number of nitrogens with one attached hydrogen (secondary N) is 2. The molecule has 0 aliphatic rings. The van der Waals surface area contributed by atoms with Gasteiger partial charge in [-0.05, 0) is 52.3 Å². The number of likely N-dealkylation sites (N-methyl/N-ethyl adjacent to an activating group) is 1. The third-order valence-electron chi connectivity index (χ3n) is 3.33. The van der Waals surface area contributed by atoms with Crippen molar-refractivity contribution in [3.8, 4) is 0 Å². The molecule has 2 aromatic carbocycles. The van der Waals surface area contributed by atoms with Crippen LogP contribution in [0.5, 0.6) is 0 Å². The van der Waals surface area contributed by atoms with E-state index in [1.54, 1.807) is 37.4 Å². The van der Waals surface area contributed by atoms with Gasteiger partial charge in [0, 0.05) is 29.7 Å². The molecule has 6 nitrogen and oxygen atoms in total. The maximum Gasteiger partial charge on any atom is 0.254 e. The van der Waals surface area contributed by atoms with E-state index in [0.717, 1.165) is 4.47 Å². The summed E-state index contributed by atoms with van der Waals surface area (Å²) < 4.78 is 0.769. The van der Waals surface area contributed by atoms with E-state index < -0.39 is 0 Å². The zero-order valence-electron chi connectivity index (χ0n) is 13.9. The summed E-state index contributed by atoms with van der Waals surface area (Å²) in [6, 6.07) is 13.7. The number of hydrogen-bond donors (Lipinski definition) is 2. The predicted molar refractivity (Wildman–Crippen MR) is 100 cm³/mol. The van der Waals surface area contributed by atoms with Crippen molar-refractivity contribution in [1.82, 2.24) is 4.90 Å². The Morgan fingerprint density at radius 3 is 2.24 bits per heavy atom. The highest BCUT2D eigenvalue weighted by molar-refractivity contribution is 9.10. The fourth-order valence-corrected chi connectivity index (χ4v) is 2.54. The molecular formula is C18H18BrN3O3. The van der Waals surface area contributed by atoms with Gasteiger partial charge in [-0.1, -0.05) is 12.1 Å². The van der Waals surface area contributed by atoms with Crippen LogP contribution in [-0.4, -0.2) is 36.2 Å². The predicted octanol–water partition coefficient (Wildman–Crippen LogP) is 3.12. The summed E-state index contributed by atoms with van der Waals surface area (Å²) in [5, 5.41) is 5.38.